The normalized spacial score (nSPS) is 14.4. The molecule has 0 aliphatic carbocycles. The van der Waals surface area contributed by atoms with Crippen LogP contribution >= 0.6 is 7.82 Å². The maximum absolute atomic E-state index is 12.6. The predicted octanol–water partition coefficient (Wildman–Crippen LogP) is 10.8. The molecule has 0 aromatic carbocycles. The number of quaternary nitrogens is 1. The molecule has 0 fully saturated rings. The number of hydrogen-bond donors (Lipinski definition) is 0. The van der Waals surface area contributed by atoms with Crippen LogP contribution in [0.5, 0.6) is 0 Å². The lowest BCUT2D eigenvalue weighted by atomic mass is 10.1. The molecule has 9 nitrogen and oxygen atoms in total. The number of carbonyl (C=O) groups excluding carboxylic acids is 2. The number of carbonyl (C=O) groups is 2. The average molecular weight is 778 g/mol. The molecule has 0 radical (unpaired) electrons. The number of ether oxygens (including phenoxy) is 2. The van der Waals surface area contributed by atoms with Gasteiger partial charge in [-0.3, -0.25) is 14.2 Å². The standard InChI is InChI=1S/C44H76NO8P/c1-6-8-10-12-14-16-18-20-22-24-26-28-30-32-34-36-43(46)50-40-42(41-52-54(48,49)51-39-38-45(3,4)5)53-44(47)37-35-33-31-29-27-25-23-21-19-17-15-13-11-9-7-2/h9,11,14-17,20-23,27,29,42H,6-8,10,12-13,18-19,24-26,28,30-41H2,1-5H3/b11-9-,16-14-,17-15-,22-20-,23-21-,29-27-/t42-/m1/s1. The maximum atomic E-state index is 12.6. The Balaban J connectivity index is 4.51. The molecule has 10 heteroatoms. The molecule has 0 rings (SSSR count). The van der Waals surface area contributed by atoms with Crippen LogP contribution in [0.1, 0.15) is 142 Å². The number of unbranched alkanes of at least 4 members (excludes halogenated alkanes) is 10. The third-order valence-corrected chi connectivity index (χ3v) is 9.17. The molecule has 54 heavy (non-hydrogen) atoms. The fraction of sp³-hybridized carbons (Fsp3) is 0.682. The van der Waals surface area contributed by atoms with Crippen LogP contribution in [0.15, 0.2) is 72.9 Å². The lowest BCUT2D eigenvalue weighted by molar-refractivity contribution is -0.870. The second kappa shape index (κ2) is 36.1. The van der Waals surface area contributed by atoms with Crippen molar-refractivity contribution in [2.45, 2.75) is 148 Å². The predicted molar refractivity (Wildman–Crippen MR) is 222 cm³/mol. The van der Waals surface area contributed by atoms with Crippen molar-refractivity contribution in [1.29, 1.82) is 0 Å². The van der Waals surface area contributed by atoms with Gasteiger partial charge in [-0.2, -0.15) is 0 Å². The van der Waals surface area contributed by atoms with Crippen LogP contribution in [-0.4, -0.2) is 70.0 Å². The number of rotatable bonds is 36. The lowest BCUT2D eigenvalue weighted by Gasteiger charge is -2.28. The van der Waals surface area contributed by atoms with Gasteiger partial charge in [-0.1, -0.05) is 119 Å². The van der Waals surface area contributed by atoms with Gasteiger partial charge in [0, 0.05) is 12.8 Å². The van der Waals surface area contributed by atoms with E-state index >= 15 is 0 Å². The number of phosphoric acid groups is 1. The highest BCUT2D eigenvalue weighted by molar-refractivity contribution is 7.45. The van der Waals surface area contributed by atoms with Gasteiger partial charge in [-0.25, -0.2) is 0 Å². The van der Waals surface area contributed by atoms with Gasteiger partial charge in [-0.15, -0.1) is 0 Å². The molecular formula is C44H76NO8P. The molecule has 0 amide bonds. The zero-order chi connectivity index (χ0) is 40.0. The van der Waals surface area contributed by atoms with Crippen molar-refractivity contribution < 1.29 is 42.1 Å². The third kappa shape index (κ3) is 39.2. The van der Waals surface area contributed by atoms with Crippen LogP contribution in [0.4, 0.5) is 0 Å². The summed E-state index contributed by atoms with van der Waals surface area (Å²) < 4.78 is 33.8. The van der Waals surface area contributed by atoms with Crippen LogP contribution in [0.2, 0.25) is 0 Å². The molecular weight excluding hydrogens is 701 g/mol. The number of allylic oxidation sites excluding steroid dienone is 12. The molecule has 310 valence electrons. The molecule has 0 aromatic rings. The van der Waals surface area contributed by atoms with Gasteiger partial charge in [0.15, 0.2) is 6.10 Å². The summed E-state index contributed by atoms with van der Waals surface area (Å²) in [5.74, 6) is -0.908. The van der Waals surface area contributed by atoms with Crippen LogP contribution < -0.4 is 4.89 Å². The number of esters is 2. The fourth-order valence-corrected chi connectivity index (χ4v) is 5.70. The molecule has 0 aliphatic rings. The van der Waals surface area contributed by atoms with E-state index in [1.807, 2.05) is 21.1 Å². The topological polar surface area (TPSA) is 111 Å². The summed E-state index contributed by atoms with van der Waals surface area (Å²) >= 11 is 0. The fourth-order valence-electron chi connectivity index (χ4n) is 4.97. The summed E-state index contributed by atoms with van der Waals surface area (Å²) in [6, 6.07) is 0. The summed E-state index contributed by atoms with van der Waals surface area (Å²) in [5.41, 5.74) is 0. The Hall–Kier alpha value is -2.55. The van der Waals surface area contributed by atoms with Crippen molar-refractivity contribution in [3.05, 3.63) is 72.9 Å². The minimum Gasteiger partial charge on any atom is -0.756 e. The van der Waals surface area contributed by atoms with Crippen molar-refractivity contribution in [3.8, 4) is 0 Å². The second-order valence-electron chi connectivity index (χ2n) is 14.6. The summed E-state index contributed by atoms with van der Waals surface area (Å²) in [4.78, 5) is 37.4. The minimum atomic E-state index is -4.64. The highest BCUT2D eigenvalue weighted by atomic mass is 31.2. The molecule has 0 saturated carbocycles. The highest BCUT2D eigenvalue weighted by Gasteiger charge is 2.21. The summed E-state index contributed by atoms with van der Waals surface area (Å²) in [5, 5.41) is 0. The maximum Gasteiger partial charge on any atom is 0.306 e. The van der Waals surface area contributed by atoms with Crippen molar-refractivity contribution >= 4 is 19.8 Å². The second-order valence-corrected chi connectivity index (χ2v) is 16.0. The first-order valence-corrected chi connectivity index (χ1v) is 22.1. The number of phosphoric ester groups is 1. The van der Waals surface area contributed by atoms with E-state index in [0.717, 1.165) is 77.0 Å². The van der Waals surface area contributed by atoms with E-state index < -0.39 is 32.5 Å². The molecule has 0 saturated heterocycles. The Labute approximate surface area is 329 Å². The summed E-state index contributed by atoms with van der Waals surface area (Å²) in [7, 11) is 1.11. The van der Waals surface area contributed by atoms with Crippen LogP contribution in [-0.2, 0) is 32.7 Å². The minimum absolute atomic E-state index is 0.0451. The van der Waals surface area contributed by atoms with Crippen LogP contribution in [0.25, 0.3) is 0 Å². The van der Waals surface area contributed by atoms with Crippen molar-refractivity contribution in [1.82, 2.24) is 0 Å². The molecule has 0 spiro atoms. The van der Waals surface area contributed by atoms with E-state index in [4.69, 9.17) is 18.5 Å². The Morgan fingerprint density at radius 1 is 0.593 bits per heavy atom. The molecule has 0 aromatic heterocycles. The summed E-state index contributed by atoms with van der Waals surface area (Å²) in [6.45, 7) is 3.99. The molecule has 1 unspecified atom stereocenters. The first-order valence-electron chi connectivity index (χ1n) is 20.6. The number of hydrogen-bond acceptors (Lipinski definition) is 8. The first-order chi connectivity index (χ1) is 26.0. The van der Waals surface area contributed by atoms with Gasteiger partial charge in [0.25, 0.3) is 7.82 Å². The van der Waals surface area contributed by atoms with Crippen LogP contribution in [0, 0.1) is 0 Å². The van der Waals surface area contributed by atoms with E-state index in [1.54, 1.807) is 0 Å². The van der Waals surface area contributed by atoms with Crippen molar-refractivity contribution in [2.75, 3.05) is 47.5 Å². The van der Waals surface area contributed by atoms with E-state index in [0.29, 0.717) is 23.9 Å². The van der Waals surface area contributed by atoms with Crippen molar-refractivity contribution in [3.63, 3.8) is 0 Å². The molecule has 0 bridgehead atoms. The van der Waals surface area contributed by atoms with E-state index in [1.165, 1.54) is 25.7 Å². The van der Waals surface area contributed by atoms with E-state index in [9.17, 15) is 19.0 Å². The van der Waals surface area contributed by atoms with Gasteiger partial charge in [0.2, 0.25) is 0 Å². The molecule has 2 atom stereocenters. The Bertz CT molecular complexity index is 1150. The Morgan fingerprint density at radius 2 is 1.06 bits per heavy atom. The van der Waals surface area contributed by atoms with Gasteiger partial charge in [-0.05, 0) is 83.5 Å². The van der Waals surface area contributed by atoms with Gasteiger partial charge >= 0.3 is 11.9 Å². The Morgan fingerprint density at radius 3 is 1.61 bits per heavy atom. The average Bonchev–Trinajstić information content (AvgIpc) is 3.12. The van der Waals surface area contributed by atoms with E-state index in [-0.39, 0.29) is 26.1 Å². The highest BCUT2D eigenvalue weighted by Crippen LogP contribution is 2.38. The zero-order valence-corrected chi connectivity index (χ0v) is 35.5. The van der Waals surface area contributed by atoms with Gasteiger partial charge in [0.05, 0.1) is 27.7 Å². The number of nitrogens with zero attached hydrogens (tertiary/aromatic N) is 1. The first kappa shape index (κ1) is 51.5. The van der Waals surface area contributed by atoms with E-state index in [2.05, 4.69) is 86.8 Å². The summed E-state index contributed by atoms with van der Waals surface area (Å²) in [6.07, 6.45) is 43.6. The van der Waals surface area contributed by atoms with Crippen molar-refractivity contribution in [2.24, 2.45) is 0 Å². The lowest BCUT2D eigenvalue weighted by Crippen LogP contribution is -2.37. The monoisotopic (exact) mass is 778 g/mol. The Kier molecular flexibility index (Phi) is 34.4. The smallest absolute Gasteiger partial charge is 0.306 e. The zero-order valence-electron chi connectivity index (χ0n) is 34.6. The van der Waals surface area contributed by atoms with Gasteiger partial charge in [0.1, 0.15) is 19.8 Å². The largest absolute Gasteiger partial charge is 0.756 e. The molecule has 0 heterocycles. The molecule has 0 N–H and O–H groups in total. The SMILES string of the molecule is CC/C=C\C/C=C\C/C=C\C/C=C\CCCCC(=O)O[C@H](COC(=O)CCCCCCC/C=C\C/C=C\CCCCC)COP(=O)([O-])OCC[N+](C)(C)C. The third-order valence-electron chi connectivity index (χ3n) is 8.21. The molecule has 0 aliphatic heterocycles. The number of likely N-dealkylation sites (N-methyl/N-ethyl adjacent to an activating group) is 1. The van der Waals surface area contributed by atoms with Crippen LogP contribution in [0.3, 0.4) is 0 Å². The van der Waals surface area contributed by atoms with Gasteiger partial charge < -0.3 is 27.9 Å². The quantitative estimate of drug-likeness (QED) is 0.0203.